The number of fused-ring (bicyclic) bond motifs is 1. The van der Waals surface area contributed by atoms with Crippen molar-refractivity contribution in [1.82, 2.24) is 5.32 Å². The Morgan fingerprint density at radius 1 is 1.30 bits per heavy atom. The predicted octanol–water partition coefficient (Wildman–Crippen LogP) is 2.36. The summed E-state index contributed by atoms with van der Waals surface area (Å²) in [6.45, 7) is 1.30. The van der Waals surface area contributed by atoms with Crippen LogP contribution < -0.4 is 5.32 Å². The van der Waals surface area contributed by atoms with Crippen LogP contribution in [0.3, 0.4) is 0 Å². The Balaban J connectivity index is 1.68. The maximum atomic E-state index is 11.4. The number of benzene rings is 1. The molecule has 5 heteroatoms. The van der Waals surface area contributed by atoms with Gasteiger partial charge in [-0.1, -0.05) is 18.2 Å². The van der Waals surface area contributed by atoms with Gasteiger partial charge in [-0.2, -0.15) is 0 Å². The normalized spacial score (nSPS) is 24.6. The second-order valence-electron chi connectivity index (χ2n) is 6.25. The van der Waals surface area contributed by atoms with E-state index in [1.807, 2.05) is 0 Å². The van der Waals surface area contributed by atoms with Crippen LogP contribution in [-0.4, -0.2) is 38.2 Å². The van der Waals surface area contributed by atoms with Gasteiger partial charge < -0.3 is 19.6 Å². The van der Waals surface area contributed by atoms with Gasteiger partial charge in [0.2, 0.25) is 0 Å². The van der Waals surface area contributed by atoms with Gasteiger partial charge >= 0.3 is 6.09 Å². The number of carbonyl (C=O) groups excluding carboxylic acids is 2. The van der Waals surface area contributed by atoms with E-state index in [9.17, 15) is 9.59 Å². The lowest BCUT2D eigenvalue weighted by molar-refractivity contribution is -0.113. The number of aldehydes is 1. The summed E-state index contributed by atoms with van der Waals surface area (Å²) in [5.41, 5.74) is 3.98. The molecule has 0 spiro atoms. The summed E-state index contributed by atoms with van der Waals surface area (Å²) in [6, 6.07) is 6.63. The average Bonchev–Trinajstić information content (AvgIpc) is 2.56. The van der Waals surface area contributed by atoms with Crippen LogP contribution in [0.5, 0.6) is 0 Å². The van der Waals surface area contributed by atoms with Gasteiger partial charge in [0.05, 0.1) is 12.7 Å². The Labute approximate surface area is 136 Å². The molecule has 1 aliphatic carbocycles. The first-order valence-corrected chi connectivity index (χ1v) is 8.34. The molecule has 1 aromatic carbocycles. The van der Waals surface area contributed by atoms with Gasteiger partial charge in [0, 0.05) is 12.5 Å². The minimum Gasteiger partial charge on any atom is -0.450 e. The second-order valence-corrected chi connectivity index (χ2v) is 6.25. The SMILES string of the molecule is O=CCO[C@H]1CCc2cc([C@H]3CCCOC(=O)NC3)ccc2C1. The second kappa shape index (κ2) is 7.59. The third kappa shape index (κ3) is 4.10. The molecule has 5 nitrogen and oxygen atoms in total. The minimum atomic E-state index is -0.317. The zero-order chi connectivity index (χ0) is 16.1. The lowest BCUT2D eigenvalue weighted by atomic mass is 9.85. The number of aryl methyl sites for hydroxylation is 1. The van der Waals surface area contributed by atoms with Crippen LogP contribution in [0.25, 0.3) is 0 Å². The number of ether oxygens (including phenoxy) is 2. The fourth-order valence-corrected chi connectivity index (χ4v) is 3.45. The molecular weight excluding hydrogens is 294 g/mol. The molecule has 124 valence electrons. The average molecular weight is 317 g/mol. The van der Waals surface area contributed by atoms with Crippen LogP contribution in [0, 0.1) is 0 Å². The highest BCUT2D eigenvalue weighted by Crippen LogP contribution is 2.29. The Kier molecular flexibility index (Phi) is 5.28. The Morgan fingerprint density at radius 3 is 3.09 bits per heavy atom. The van der Waals surface area contributed by atoms with E-state index < -0.39 is 0 Å². The van der Waals surface area contributed by atoms with Crippen molar-refractivity contribution in [2.24, 2.45) is 0 Å². The van der Waals surface area contributed by atoms with Gasteiger partial charge in [0.1, 0.15) is 12.9 Å². The molecule has 0 aromatic heterocycles. The van der Waals surface area contributed by atoms with E-state index in [-0.39, 0.29) is 18.8 Å². The summed E-state index contributed by atoms with van der Waals surface area (Å²) >= 11 is 0. The van der Waals surface area contributed by atoms with Crippen molar-refractivity contribution in [1.29, 1.82) is 0 Å². The van der Waals surface area contributed by atoms with Crippen molar-refractivity contribution in [3.8, 4) is 0 Å². The maximum absolute atomic E-state index is 11.4. The van der Waals surface area contributed by atoms with Crippen LogP contribution in [0.15, 0.2) is 18.2 Å². The van der Waals surface area contributed by atoms with Crippen LogP contribution in [0.1, 0.15) is 41.9 Å². The van der Waals surface area contributed by atoms with Crippen LogP contribution in [-0.2, 0) is 27.1 Å². The molecular formula is C18H23NO4. The molecule has 1 fully saturated rings. The van der Waals surface area contributed by atoms with Crippen molar-refractivity contribution < 1.29 is 19.1 Å². The first-order valence-electron chi connectivity index (χ1n) is 8.34. The van der Waals surface area contributed by atoms with E-state index in [0.717, 1.165) is 38.4 Å². The molecule has 1 N–H and O–H groups in total. The number of cyclic esters (lactones) is 1. The standard InChI is InChI=1S/C18H23NO4/c20-7-9-22-17-6-5-13-10-14(3-4-15(13)11-17)16-2-1-8-23-18(21)19-12-16/h3-4,7,10,16-17H,1-2,5-6,8-9,11-12H2,(H,19,21)/t16-,17-/m0/s1. The number of amides is 1. The van der Waals surface area contributed by atoms with Crippen LogP contribution in [0.2, 0.25) is 0 Å². The van der Waals surface area contributed by atoms with Crippen molar-refractivity contribution in [2.45, 2.75) is 44.1 Å². The largest absolute Gasteiger partial charge is 0.450 e. The summed E-state index contributed by atoms with van der Waals surface area (Å²) in [6.07, 6.45) is 5.37. The van der Waals surface area contributed by atoms with Gasteiger partial charge in [-0.05, 0) is 48.8 Å². The van der Waals surface area contributed by atoms with Crippen LogP contribution in [0.4, 0.5) is 4.79 Å². The van der Waals surface area contributed by atoms with E-state index in [4.69, 9.17) is 9.47 Å². The summed E-state index contributed by atoms with van der Waals surface area (Å²) in [5, 5.41) is 2.83. The van der Waals surface area contributed by atoms with Gasteiger partial charge in [-0.25, -0.2) is 4.79 Å². The van der Waals surface area contributed by atoms with Gasteiger partial charge in [0.15, 0.2) is 0 Å². The number of rotatable bonds is 4. The molecule has 0 saturated carbocycles. The van der Waals surface area contributed by atoms with E-state index in [0.29, 0.717) is 19.1 Å². The summed E-state index contributed by atoms with van der Waals surface area (Å²) in [7, 11) is 0. The maximum Gasteiger partial charge on any atom is 0.407 e. The summed E-state index contributed by atoms with van der Waals surface area (Å²) in [5.74, 6) is 0.345. The van der Waals surface area contributed by atoms with Crippen molar-refractivity contribution in [3.05, 3.63) is 34.9 Å². The molecule has 1 heterocycles. The third-order valence-electron chi connectivity index (χ3n) is 4.71. The number of carbonyl (C=O) groups is 2. The topological polar surface area (TPSA) is 64.6 Å². The zero-order valence-electron chi connectivity index (χ0n) is 13.3. The smallest absolute Gasteiger partial charge is 0.407 e. The molecule has 2 atom stereocenters. The number of nitrogens with one attached hydrogen (secondary N) is 1. The Hall–Kier alpha value is -1.88. The third-order valence-corrected chi connectivity index (χ3v) is 4.71. The zero-order valence-corrected chi connectivity index (χ0v) is 13.3. The highest BCUT2D eigenvalue weighted by Gasteiger charge is 2.22. The lowest BCUT2D eigenvalue weighted by Crippen LogP contribution is -2.31. The van der Waals surface area contributed by atoms with Gasteiger partial charge in [-0.15, -0.1) is 0 Å². The van der Waals surface area contributed by atoms with Gasteiger partial charge in [-0.3, -0.25) is 0 Å². The molecule has 0 bridgehead atoms. The molecule has 3 rings (SSSR count). The van der Waals surface area contributed by atoms with E-state index in [1.54, 1.807) is 0 Å². The molecule has 1 amide bonds. The molecule has 1 saturated heterocycles. The van der Waals surface area contributed by atoms with Crippen molar-refractivity contribution >= 4 is 12.4 Å². The molecule has 0 radical (unpaired) electrons. The van der Waals surface area contributed by atoms with E-state index >= 15 is 0 Å². The summed E-state index contributed by atoms with van der Waals surface area (Å²) < 4.78 is 10.6. The van der Waals surface area contributed by atoms with Crippen molar-refractivity contribution in [3.63, 3.8) is 0 Å². The monoisotopic (exact) mass is 317 g/mol. The molecule has 2 aliphatic rings. The number of hydrogen-bond acceptors (Lipinski definition) is 4. The summed E-state index contributed by atoms with van der Waals surface area (Å²) in [4.78, 5) is 21.8. The van der Waals surface area contributed by atoms with Crippen LogP contribution >= 0.6 is 0 Å². The van der Waals surface area contributed by atoms with E-state index in [2.05, 4.69) is 23.5 Å². The number of alkyl carbamates (subject to hydrolysis) is 1. The fraction of sp³-hybridized carbons (Fsp3) is 0.556. The predicted molar refractivity (Wildman–Crippen MR) is 85.6 cm³/mol. The quantitative estimate of drug-likeness (QED) is 0.866. The number of hydrogen-bond donors (Lipinski definition) is 1. The van der Waals surface area contributed by atoms with Crippen molar-refractivity contribution in [2.75, 3.05) is 19.8 Å². The first kappa shape index (κ1) is 16.0. The molecule has 0 unspecified atom stereocenters. The highest BCUT2D eigenvalue weighted by molar-refractivity contribution is 5.67. The lowest BCUT2D eigenvalue weighted by Gasteiger charge is -2.26. The first-order chi connectivity index (χ1) is 11.3. The minimum absolute atomic E-state index is 0.149. The fourth-order valence-electron chi connectivity index (χ4n) is 3.45. The Morgan fingerprint density at radius 2 is 2.22 bits per heavy atom. The Bertz CT molecular complexity index is 572. The highest BCUT2D eigenvalue weighted by atomic mass is 16.5. The van der Waals surface area contributed by atoms with Gasteiger partial charge in [0.25, 0.3) is 0 Å². The molecule has 23 heavy (non-hydrogen) atoms. The molecule has 1 aliphatic heterocycles. The molecule has 1 aromatic rings. The van der Waals surface area contributed by atoms with E-state index in [1.165, 1.54) is 16.7 Å².